The zero-order chi connectivity index (χ0) is 9.19. The van der Waals surface area contributed by atoms with Gasteiger partial charge in [-0.1, -0.05) is 13.8 Å². The molecule has 1 rings (SSSR count). The van der Waals surface area contributed by atoms with Gasteiger partial charge >= 0.3 is 0 Å². The van der Waals surface area contributed by atoms with Crippen molar-refractivity contribution in [3.05, 3.63) is 18.2 Å². The van der Waals surface area contributed by atoms with Crippen LogP contribution in [0.1, 0.15) is 19.5 Å². The number of nitrogens with zero attached hydrogens (tertiary/aromatic N) is 2. The average Bonchev–Trinajstić information content (AvgIpc) is 2.35. The highest BCUT2D eigenvalue weighted by atomic mass is 15.0. The molecule has 0 bridgehead atoms. The third-order valence-electron chi connectivity index (χ3n) is 1.97. The summed E-state index contributed by atoms with van der Waals surface area (Å²) in [7, 11) is 1.98. The van der Waals surface area contributed by atoms with E-state index in [0.717, 1.165) is 12.1 Å². The summed E-state index contributed by atoms with van der Waals surface area (Å²) in [6.45, 7) is 5.01. The standard InChI is InChI=1S/C9H17N3/c1-9(2,6-10)4-8-5-12(3)7-11-8/h5,7H,4,6,10H2,1-3H3. The monoisotopic (exact) mass is 167 g/mol. The Morgan fingerprint density at radius 3 is 2.67 bits per heavy atom. The molecule has 0 aromatic carbocycles. The first-order valence-corrected chi connectivity index (χ1v) is 4.20. The number of hydrogen-bond donors (Lipinski definition) is 1. The molecule has 0 saturated carbocycles. The van der Waals surface area contributed by atoms with Crippen molar-refractivity contribution in [1.29, 1.82) is 0 Å². The predicted octanol–water partition coefficient (Wildman–Crippen LogP) is 0.947. The van der Waals surface area contributed by atoms with Crippen LogP contribution < -0.4 is 5.73 Å². The van der Waals surface area contributed by atoms with Crippen molar-refractivity contribution in [3.63, 3.8) is 0 Å². The second-order valence-electron chi connectivity index (χ2n) is 4.08. The number of imidazole rings is 1. The maximum atomic E-state index is 5.63. The van der Waals surface area contributed by atoms with Crippen molar-refractivity contribution in [3.8, 4) is 0 Å². The first-order chi connectivity index (χ1) is 5.53. The van der Waals surface area contributed by atoms with E-state index >= 15 is 0 Å². The molecule has 1 heterocycles. The number of nitrogens with two attached hydrogens (primary N) is 1. The van der Waals surface area contributed by atoms with Crippen LogP contribution in [0.25, 0.3) is 0 Å². The van der Waals surface area contributed by atoms with Crippen LogP contribution in [-0.4, -0.2) is 16.1 Å². The molecule has 0 fully saturated rings. The lowest BCUT2D eigenvalue weighted by Crippen LogP contribution is -2.26. The van der Waals surface area contributed by atoms with Crippen LogP contribution >= 0.6 is 0 Å². The van der Waals surface area contributed by atoms with E-state index in [-0.39, 0.29) is 5.41 Å². The van der Waals surface area contributed by atoms with Crippen LogP contribution in [0, 0.1) is 5.41 Å². The molecule has 0 aliphatic carbocycles. The lowest BCUT2D eigenvalue weighted by molar-refractivity contribution is 0.373. The molecule has 3 nitrogen and oxygen atoms in total. The number of hydrogen-bond acceptors (Lipinski definition) is 2. The van der Waals surface area contributed by atoms with E-state index in [0.29, 0.717) is 6.54 Å². The number of aromatic nitrogens is 2. The van der Waals surface area contributed by atoms with Gasteiger partial charge in [-0.25, -0.2) is 4.98 Å². The Balaban J connectivity index is 2.63. The molecular formula is C9H17N3. The summed E-state index contributed by atoms with van der Waals surface area (Å²) in [6, 6.07) is 0. The highest BCUT2D eigenvalue weighted by molar-refractivity contribution is 4.99. The first kappa shape index (κ1) is 9.26. The summed E-state index contributed by atoms with van der Waals surface area (Å²) >= 11 is 0. The van der Waals surface area contributed by atoms with E-state index < -0.39 is 0 Å². The fourth-order valence-electron chi connectivity index (χ4n) is 1.12. The average molecular weight is 167 g/mol. The van der Waals surface area contributed by atoms with Crippen molar-refractivity contribution >= 4 is 0 Å². The maximum absolute atomic E-state index is 5.63. The van der Waals surface area contributed by atoms with Crippen molar-refractivity contribution in [2.75, 3.05) is 6.54 Å². The lowest BCUT2D eigenvalue weighted by atomic mass is 9.88. The van der Waals surface area contributed by atoms with Crippen molar-refractivity contribution in [2.24, 2.45) is 18.2 Å². The van der Waals surface area contributed by atoms with Crippen LogP contribution in [0.2, 0.25) is 0 Å². The molecule has 0 atom stereocenters. The lowest BCUT2D eigenvalue weighted by Gasteiger charge is -2.20. The second-order valence-corrected chi connectivity index (χ2v) is 4.08. The normalized spacial score (nSPS) is 12.0. The zero-order valence-corrected chi connectivity index (χ0v) is 8.04. The van der Waals surface area contributed by atoms with E-state index in [1.165, 1.54) is 0 Å². The van der Waals surface area contributed by atoms with E-state index in [1.54, 1.807) is 0 Å². The van der Waals surface area contributed by atoms with Crippen molar-refractivity contribution in [1.82, 2.24) is 9.55 Å². The first-order valence-electron chi connectivity index (χ1n) is 4.20. The van der Waals surface area contributed by atoms with Gasteiger partial charge in [-0.3, -0.25) is 0 Å². The third kappa shape index (κ3) is 2.34. The predicted molar refractivity (Wildman–Crippen MR) is 49.7 cm³/mol. The van der Waals surface area contributed by atoms with E-state index in [4.69, 9.17) is 5.73 Å². The van der Waals surface area contributed by atoms with Gasteiger partial charge in [0.05, 0.1) is 12.0 Å². The van der Waals surface area contributed by atoms with Gasteiger partial charge in [-0.15, -0.1) is 0 Å². The minimum Gasteiger partial charge on any atom is -0.340 e. The van der Waals surface area contributed by atoms with E-state index in [9.17, 15) is 0 Å². The highest BCUT2D eigenvalue weighted by Crippen LogP contribution is 2.18. The van der Waals surface area contributed by atoms with Gasteiger partial charge in [0.25, 0.3) is 0 Å². The molecule has 0 aliphatic rings. The SMILES string of the molecule is Cn1cnc(CC(C)(C)CN)c1. The van der Waals surface area contributed by atoms with Gasteiger partial charge in [0, 0.05) is 13.2 Å². The van der Waals surface area contributed by atoms with Gasteiger partial charge in [0.15, 0.2) is 0 Å². The molecule has 0 amide bonds. The number of aryl methyl sites for hydroxylation is 1. The summed E-state index contributed by atoms with van der Waals surface area (Å²) in [4.78, 5) is 4.26. The second kappa shape index (κ2) is 3.27. The van der Waals surface area contributed by atoms with Crippen molar-refractivity contribution < 1.29 is 0 Å². The quantitative estimate of drug-likeness (QED) is 0.728. The Bertz CT molecular complexity index is 250. The molecule has 0 radical (unpaired) electrons. The molecule has 68 valence electrons. The summed E-state index contributed by atoms with van der Waals surface area (Å²) in [5, 5.41) is 0. The molecule has 2 N–H and O–H groups in total. The summed E-state index contributed by atoms with van der Waals surface area (Å²) in [5.41, 5.74) is 6.91. The Kier molecular flexibility index (Phi) is 2.52. The minimum absolute atomic E-state index is 0.161. The molecule has 0 aliphatic heterocycles. The van der Waals surface area contributed by atoms with Gasteiger partial charge in [0.2, 0.25) is 0 Å². The molecule has 3 heteroatoms. The Labute approximate surface area is 73.6 Å². The van der Waals surface area contributed by atoms with E-state index in [1.807, 2.05) is 24.1 Å². The Hall–Kier alpha value is -0.830. The summed E-state index contributed by atoms with van der Waals surface area (Å²) in [6.07, 6.45) is 4.81. The summed E-state index contributed by atoms with van der Waals surface area (Å²) in [5.74, 6) is 0. The van der Waals surface area contributed by atoms with Gasteiger partial charge < -0.3 is 10.3 Å². The maximum Gasteiger partial charge on any atom is 0.0946 e. The third-order valence-corrected chi connectivity index (χ3v) is 1.97. The summed E-state index contributed by atoms with van der Waals surface area (Å²) < 4.78 is 1.96. The topological polar surface area (TPSA) is 43.8 Å². The Morgan fingerprint density at radius 1 is 1.58 bits per heavy atom. The Morgan fingerprint density at radius 2 is 2.25 bits per heavy atom. The fraction of sp³-hybridized carbons (Fsp3) is 0.667. The molecular weight excluding hydrogens is 150 g/mol. The van der Waals surface area contributed by atoms with E-state index in [2.05, 4.69) is 18.8 Å². The van der Waals surface area contributed by atoms with Crippen molar-refractivity contribution in [2.45, 2.75) is 20.3 Å². The van der Waals surface area contributed by atoms with Crippen LogP contribution in [0.3, 0.4) is 0 Å². The van der Waals surface area contributed by atoms with Crippen LogP contribution in [0.15, 0.2) is 12.5 Å². The smallest absolute Gasteiger partial charge is 0.0946 e. The molecule has 12 heavy (non-hydrogen) atoms. The molecule has 0 spiro atoms. The highest BCUT2D eigenvalue weighted by Gasteiger charge is 2.17. The molecule has 1 aromatic rings. The molecule has 1 aromatic heterocycles. The van der Waals surface area contributed by atoms with Crippen LogP contribution in [0.4, 0.5) is 0 Å². The van der Waals surface area contributed by atoms with Gasteiger partial charge in [-0.2, -0.15) is 0 Å². The zero-order valence-electron chi connectivity index (χ0n) is 8.04. The largest absolute Gasteiger partial charge is 0.340 e. The van der Waals surface area contributed by atoms with Crippen LogP contribution in [0.5, 0.6) is 0 Å². The van der Waals surface area contributed by atoms with Gasteiger partial charge in [-0.05, 0) is 18.4 Å². The van der Waals surface area contributed by atoms with Gasteiger partial charge in [0.1, 0.15) is 0 Å². The van der Waals surface area contributed by atoms with Crippen LogP contribution in [-0.2, 0) is 13.5 Å². The number of rotatable bonds is 3. The fourth-order valence-corrected chi connectivity index (χ4v) is 1.12. The molecule has 0 unspecified atom stereocenters. The molecule has 0 saturated heterocycles. The minimum atomic E-state index is 0.161.